The molecule has 39 heavy (non-hydrogen) atoms. The number of benzene rings is 2. The standard InChI is InChI=1S/C13H14ClF2NO2.C13H8ClF2NO2.ClH/c2*1-19-13(18)7-2-3-17-11(6-7)8-4-9(15)12(14)10(16)5-8;/h4-5,7,11,17H,2-3,6H2,1H3;2-6H,1H3;1H. The molecule has 0 spiro atoms. The lowest BCUT2D eigenvalue weighted by molar-refractivity contribution is -0.146. The summed E-state index contributed by atoms with van der Waals surface area (Å²) in [5.74, 6) is -4.46. The van der Waals surface area contributed by atoms with Crippen LogP contribution in [-0.2, 0) is 14.3 Å². The van der Waals surface area contributed by atoms with Crippen molar-refractivity contribution in [2.75, 3.05) is 20.8 Å². The molecule has 0 amide bonds. The van der Waals surface area contributed by atoms with E-state index in [0.717, 1.165) is 12.1 Å². The maximum absolute atomic E-state index is 13.4. The molecule has 3 aromatic rings. The van der Waals surface area contributed by atoms with Gasteiger partial charge in [0.1, 0.15) is 33.3 Å². The van der Waals surface area contributed by atoms with Crippen LogP contribution in [0.25, 0.3) is 11.3 Å². The average Bonchev–Trinajstić information content (AvgIpc) is 2.93. The highest BCUT2D eigenvalue weighted by Gasteiger charge is 2.29. The predicted octanol–water partition coefficient (Wildman–Crippen LogP) is 6.72. The molecule has 1 aliphatic heterocycles. The van der Waals surface area contributed by atoms with Gasteiger partial charge in [-0.3, -0.25) is 9.78 Å². The van der Waals surface area contributed by atoms with Crippen molar-refractivity contribution < 1.29 is 36.6 Å². The molecule has 0 bridgehead atoms. The number of hydrogen-bond acceptors (Lipinski definition) is 6. The Bertz CT molecular complexity index is 1300. The zero-order valence-electron chi connectivity index (χ0n) is 20.6. The molecule has 1 aromatic heterocycles. The highest BCUT2D eigenvalue weighted by Crippen LogP contribution is 2.31. The number of methoxy groups -OCH3 is 2. The monoisotopic (exact) mass is 608 g/mol. The van der Waals surface area contributed by atoms with Crippen molar-refractivity contribution in [2.24, 2.45) is 5.92 Å². The summed E-state index contributed by atoms with van der Waals surface area (Å²) in [5.41, 5.74) is 1.12. The molecule has 1 aliphatic rings. The van der Waals surface area contributed by atoms with Gasteiger partial charge in [-0.15, -0.1) is 12.4 Å². The van der Waals surface area contributed by atoms with Crippen molar-refractivity contribution in [2.45, 2.75) is 18.9 Å². The summed E-state index contributed by atoms with van der Waals surface area (Å²) in [4.78, 5) is 26.8. The molecule has 1 fully saturated rings. The SMILES string of the molecule is COC(=O)C1CCNC(c2cc(F)c(Cl)c(F)c2)C1.COC(=O)c1ccnc(-c2cc(F)c(Cl)c(F)c2)c1.Cl. The molecule has 2 atom stereocenters. The number of aromatic nitrogens is 1. The van der Waals surface area contributed by atoms with Crippen molar-refractivity contribution in [3.05, 3.63) is 87.0 Å². The minimum absolute atomic E-state index is 0. The van der Waals surface area contributed by atoms with Gasteiger partial charge in [0.15, 0.2) is 0 Å². The van der Waals surface area contributed by atoms with E-state index >= 15 is 0 Å². The van der Waals surface area contributed by atoms with Crippen LogP contribution in [0.1, 0.15) is 34.8 Å². The van der Waals surface area contributed by atoms with Crippen LogP contribution >= 0.6 is 35.6 Å². The number of hydrogen-bond donors (Lipinski definition) is 1. The molecule has 1 N–H and O–H groups in total. The number of halogens is 7. The summed E-state index contributed by atoms with van der Waals surface area (Å²) in [6, 6.07) is 7.04. The molecule has 0 saturated carbocycles. The first-order valence-corrected chi connectivity index (χ1v) is 12.0. The highest BCUT2D eigenvalue weighted by atomic mass is 35.5. The lowest BCUT2D eigenvalue weighted by atomic mass is 9.89. The Morgan fingerprint density at radius 1 is 0.923 bits per heavy atom. The number of carbonyl (C=O) groups excluding carboxylic acids is 2. The van der Waals surface area contributed by atoms with Gasteiger partial charge in [-0.25, -0.2) is 22.4 Å². The molecule has 6 nitrogen and oxygen atoms in total. The van der Waals surface area contributed by atoms with E-state index in [-0.39, 0.29) is 47.2 Å². The van der Waals surface area contributed by atoms with Crippen molar-refractivity contribution in [1.29, 1.82) is 0 Å². The topological polar surface area (TPSA) is 77.5 Å². The van der Waals surface area contributed by atoms with Crippen LogP contribution in [0.4, 0.5) is 17.6 Å². The van der Waals surface area contributed by atoms with E-state index < -0.39 is 39.3 Å². The van der Waals surface area contributed by atoms with Crippen LogP contribution in [0.2, 0.25) is 10.0 Å². The van der Waals surface area contributed by atoms with Gasteiger partial charge in [0.25, 0.3) is 0 Å². The first-order valence-electron chi connectivity index (χ1n) is 11.2. The van der Waals surface area contributed by atoms with E-state index in [2.05, 4.69) is 15.0 Å². The van der Waals surface area contributed by atoms with Gasteiger partial charge >= 0.3 is 11.9 Å². The fraction of sp³-hybridized carbons (Fsp3) is 0.269. The summed E-state index contributed by atoms with van der Waals surface area (Å²) >= 11 is 10.8. The number of piperidine rings is 1. The Morgan fingerprint density at radius 3 is 2.03 bits per heavy atom. The highest BCUT2D eigenvalue weighted by molar-refractivity contribution is 6.31. The van der Waals surface area contributed by atoms with Crippen LogP contribution in [0.3, 0.4) is 0 Å². The van der Waals surface area contributed by atoms with Gasteiger partial charge in [-0.1, -0.05) is 23.2 Å². The first-order chi connectivity index (χ1) is 18.0. The Kier molecular flexibility index (Phi) is 12.0. The summed E-state index contributed by atoms with van der Waals surface area (Å²) in [7, 11) is 2.57. The van der Waals surface area contributed by atoms with Crippen molar-refractivity contribution in [3.63, 3.8) is 0 Å². The van der Waals surface area contributed by atoms with Crippen LogP contribution in [-0.4, -0.2) is 37.7 Å². The molecule has 4 rings (SSSR count). The molecule has 210 valence electrons. The van der Waals surface area contributed by atoms with Gasteiger partial charge < -0.3 is 14.8 Å². The number of ether oxygens (including phenoxy) is 2. The van der Waals surface area contributed by atoms with Crippen molar-refractivity contribution in [1.82, 2.24) is 10.3 Å². The summed E-state index contributed by atoms with van der Waals surface area (Å²) in [5, 5.41) is 2.05. The second-order valence-electron chi connectivity index (χ2n) is 8.22. The molecule has 2 aromatic carbocycles. The third-order valence-corrected chi connectivity index (χ3v) is 6.53. The van der Waals surface area contributed by atoms with Gasteiger partial charge in [-0.05, 0) is 61.3 Å². The Hall–Kier alpha value is -2.92. The molecule has 1 saturated heterocycles. The second-order valence-corrected chi connectivity index (χ2v) is 8.98. The number of esters is 2. The average molecular weight is 610 g/mol. The largest absolute Gasteiger partial charge is 0.469 e. The maximum Gasteiger partial charge on any atom is 0.337 e. The fourth-order valence-corrected chi connectivity index (χ4v) is 4.08. The van der Waals surface area contributed by atoms with E-state index in [0.29, 0.717) is 24.9 Å². The minimum Gasteiger partial charge on any atom is -0.469 e. The van der Waals surface area contributed by atoms with Crippen LogP contribution in [0.5, 0.6) is 0 Å². The van der Waals surface area contributed by atoms with E-state index in [4.69, 9.17) is 27.9 Å². The van der Waals surface area contributed by atoms with E-state index in [9.17, 15) is 27.2 Å². The summed E-state index contributed by atoms with van der Waals surface area (Å²) in [6.45, 7) is 0.594. The molecule has 0 radical (unpaired) electrons. The zero-order valence-corrected chi connectivity index (χ0v) is 22.9. The number of pyridine rings is 1. The predicted molar refractivity (Wildman–Crippen MR) is 140 cm³/mol. The molecule has 2 unspecified atom stereocenters. The van der Waals surface area contributed by atoms with Gasteiger partial charge in [0.05, 0.1) is 31.4 Å². The molecule has 0 aliphatic carbocycles. The van der Waals surface area contributed by atoms with Crippen molar-refractivity contribution >= 4 is 47.5 Å². The number of nitrogens with zero attached hydrogens (tertiary/aromatic N) is 1. The van der Waals surface area contributed by atoms with E-state index in [1.54, 1.807) is 0 Å². The molecular weight excluding hydrogens is 587 g/mol. The number of nitrogens with one attached hydrogen (secondary N) is 1. The summed E-state index contributed by atoms with van der Waals surface area (Å²) in [6.07, 6.45) is 2.46. The fourth-order valence-electron chi connectivity index (χ4n) is 3.87. The molecular formula is C26H23Cl3F4N2O4. The van der Waals surface area contributed by atoms with Crippen LogP contribution in [0, 0.1) is 29.2 Å². The lowest BCUT2D eigenvalue weighted by Crippen LogP contribution is -2.35. The Morgan fingerprint density at radius 2 is 1.49 bits per heavy atom. The quantitative estimate of drug-likeness (QED) is 0.201. The van der Waals surface area contributed by atoms with Crippen LogP contribution < -0.4 is 5.32 Å². The summed E-state index contributed by atoms with van der Waals surface area (Å²) < 4.78 is 62.8. The number of carbonyl (C=O) groups is 2. The van der Waals surface area contributed by atoms with Gasteiger partial charge in [-0.2, -0.15) is 0 Å². The second kappa shape index (κ2) is 14.5. The van der Waals surface area contributed by atoms with Gasteiger partial charge in [0.2, 0.25) is 0 Å². The molecule has 2 heterocycles. The van der Waals surface area contributed by atoms with E-state index in [1.807, 2.05) is 0 Å². The van der Waals surface area contributed by atoms with E-state index in [1.165, 1.54) is 44.7 Å². The smallest absolute Gasteiger partial charge is 0.337 e. The van der Waals surface area contributed by atoms with Crippen molar-refractivity contribution in [3.8, 4) is 11.3 Å². The Labute approximate surface area is 238 Å². The lowest BCUT2D eigenvalue weighted by Gasteiger charge is -2.29. The third kappa shape index (κ3) is 8.04. The van der Waals surface area contributed by atoms with Crippen LogP contribution in [0.15, 0.2) is 42.6 Å². The Balaban J connectivity index is 0.000000267. The number of rotatable bonds is 4. The normalized spacial score (nSPS) is 16.3. The maximum atomic E-state index is 13.4. The molecule has 13 heteroatoms. The first kappa shape index (κ1) is 32.3. The van der Waals surface area contributed by atoms with Gasteiger partial charge in [0, 0.05) is 17.8 Å². The zero-order chi connectivity index (χ0) is 28.0. The third-order valence-electron chi connectivity index (χ3n) is 5.81. The minimum atomic E-state index is -0.887.